The third kappa shape index (κ3) is 1.16. The average Bonchev–Trinajstić information content (AvgIpc) is 2.83. The van der Waals surface area contributed by atoms with Gasteiger partial charge in [0.15, 0.2) is 5.82 Å². The van der Waals surface area contributed by atoms with Crippen molar-refractivity contribution >= 4 is 5.78 Å². The third-order valence-electron chi connectivity index (χ3n) is 2.95. The number of rotatable bonds is 1. The molecule has 2 heterocycles. The second-order valence-corrected chi connectivity index (χ2v) is 3.87. The van der Waals surface area contributed by atoms with Gasteiger partial charge in [-0.05, 0) is 31.7 Å². The molecular formula is C10H12N4O. The van der Waals surface area contributed by atoms with Crippen molar-refractivity contribution in [3.8, 4) is 0 Å². The van der Waals surface area contributed by atoms with Crippen LogP contribution in [-0.4, -0.2) is 24.7 Å². The molecule has 0 aliphatic heterocycles. The largest absolute Gasteiger partial charge is 0.388 e. The van der Waals surface area contributed by atoms with Crippen LogP contribution in [-0.2, 0) is 19.4 Å². The quantitative estimate of drug-likeness (QED) is 0.731. The number of fused-ring (bicyclic) bond motifs is 2. The van der Waals surface area contributed by atoms with Crippen molar-refractivity contribution in [1.82, 2.24) is 19.6 Å². The summed E-state index contributed by atoms with van der Waals surface area (Å²) in [6, 6.07) is 0. The molecule has 0 bridgehead atoms. The Hall–Kier alpha value is -1.49. The molecular weight excluding hydrogens is 192 g/mol. The summed E-state index contributed by atoms with van der Waals surface area (Å²) in [4.78, 5) is 8.62. The van der Waals surface area contributed by atoms with Gasteiger partial charge in [0.1, 0.15) is 6.61 Å². The van der Waals surface area contributed by atoms with Gasteiger partial charge in [0.2, 0.25) is 0 Å². The van der Waals surface area contributed by atoms with Gasteiger partial charge in [0, 0.05) is 11.4 Å². The molecule has 0 atom stereocenters. The molecule has 0 amide bonds. The first-order chi connectivity index (χ1) is 7.29. The minimum absolute atomic E-state index is 0.131. The summed E-state index contributed by atoms with van der Waals surface area (Å²) in [5.41, 5.74) is 3.56. The lowest BCUT2D eigenvalue weighted by Gasteiger charge is -2.03. The highest BCUT2D eigenvalue weighted by Crippen LogP contribution is 2.23. The summed E-state index contributed by atoms with van der Waals surface area (Å²) in [7, 11) is 0. The minimum Gasteiger partial charge on any atom is -0.388 e. The van der Waals surface area contributed by atoms with E-state index in [1.54, 1.807) is 4.52 Å². The molecule has 0 spiro atoms. The minimum atomic E-state index is -0.131. The maximum Gasteiger partial charge on any atom is 0.252 e. The Bertz CT molecular complexity index is 532. The van der Waals surface area contributed by atoms with E-state index in [4.69, 9.17) is 5.11 Å². The summed E-state index contributed by atoms with van der Waals surface area (Å²) < 4.78 is 1.73. The molecule has 2 aromatic rings. The molecule has 1 aliphatic carbocycles. The van der Waals surface area contributed by atoms with E-state index in [1.807, 2.05) is 6.92 Å². The lowest BCUT2D eigenvalue weighted by Crippen LogP contribution is -2.03. The lowest BCUT2D eigenvalue weighted by atomic mass is 10.2. The normalized spacial score (nSPS) is 14.8. The molecule has 78 valence electrons. The fourth-order valence-electron chi connectivity index (χ4n) is 2.20. The third-order valence-corrected chi connectivity index (χ3v) is 2.95. The highest BCUT2D eigenvalue weighted by Gasteiger charge is 2.19. The van der Waals surface area contributed by atoms with Gasteiger partial charge in [0.05, 0.1) is 0 Å². The summed E-state index contributed by atoms with van der Waals surface area (Å²) >= 11 is 0. The zero-order chi connectivity index (χ0) is 10.4. The zero-order valence-corrected chi connectivity index (χ0v) is 8.56. The molecule has 0 saturated heterocycles. The first kappa shape index (κ1) is 8.79. The van der Waals surface area contributed by atoms with E-state index in [0.29, 0.717) is 11.6 Å². The van der Waals surface area contributed by atoms with Crippen LogP contribution in [0.4, 0.5) is 0 Å². The average molecular weight is 204 g/mol. The maximum atomic E-state index is 8.97. The van der Waals surface area contributed by atoms with Gasteiger partial charge in [-0.1, -0.05) is 0 Å². The maximum absolute atomic E-state index is 8.97. The van der Waals surface area contributed by atoms with Crippen LogP contribution in [0, 0.1) is 6.92 Å². The number of aryl methyl sites for hydroxylation is 2. The molecule has 0 fully saturated rings. The molecule has 5 nitrogen and oxygen atoms in total. The van der Waals surface area contributed by atoms with Gasteiger partial charge in [-0.15, -0.1) is 5.10 Å². The standard InChI is InChI=1S/C10H12N4O/c1-6-7-3-2-4-8(7)11-10-12-9(5-15)13-14(6)10/h15H,2-5H2,1H3. The number of aliphatic hydroxyl groups is 1. The Labute approximate surface area is 86.8 Å². The highest BCUT2D eigenvalue weighted by atomic mass is 16.3. The second kappa shape index (κ2) is 3.00. The predicted octanol–water partition coefficient (Wildman–Crippen LogP) is 0.414. The molecule has 1 N–H and O–H groups in total. The van der Waals surface area contributed by atoms with Gasteiger partial charge in [-0.25, -0.2) is 9.50 Å². The van der Waals surface area contributed by atoms with Crippen molar-refractivity contribution in [3.63, 3.8) is 0 Å². The summed E-state index contributed by atoms with van der Waals surface area (Å²) in [6.07, 6.45) is 3.29. The van der Waals surface area contributed by atoms with Crippen LogP contribution in [0.2, 0.25) is 0 Å². The summed E-state index contributed by atoms with van der Waals surface area (Å²) in [5, 5.41) is 13.2. The smallest absolute Gasteiger partial charge is 0.252 e. The van der Waals surface area contributed by atoms with Crippen LogP contribution in [0.1, 0.15) is 29.2 Å². The molecule has 0 aromatic carbocycles. The number of hydrogen-bond donors (Lipinski definition) is 1. The van der Waals surface area contributed by atoms with Gasteiger partial charge in [-0.2, -0.15) is 4.98 Å². The van der Waals surface area contributed by atoms with Crippen LogP contribution in [0.25, 0.3) is 5.78 Å². The van der Waals surface area contributed by atoms with E-state index >= 15 is 0 Å². The van der Waals surface area contributed by atoms with Crippen LogP contribution in [0.5, 0.6) is 0 Å². The van der Waals surface area contributed by atoms with E-state index in [2.05, 4.69) is 15.1 Å². The van der Waals surface area contributed by atoms with E-state index in [0.717, 1.165) is 24.2 Å². The van der Waals surface area contributed by atoms with E-state index in [1.165, 1.54) is 12.0 Å². The Morgan fingerprint density at radius 2 is 2.20 bits per heavy atom. The molecule has 3 rings (SSSR count). The van der Waals surface area contributed by atoms with E-state index < -0.39 is 0 Å². The topological polar surface area (TPSA) is 63.3 Å². The van der Waals surface area contributed by atoms with Crippen molar-refractivity contribution in [2.24, 2.45) is 0 Å². The van der Waals surface area contributed by atoms with Gasteiger partial charge >= 0.3 is 0 Å². The monoisotopic (exact) mass is 204 g/mol. The number of hydrogen-bond acceptors (Lipinski definition) is 4. The SMILES string of the molecule is Cc1c2c(nc3nc(CO)nn13)CCC2. The fraction of sp³-hybridized carbons (Fsp3) is 0.500. The molecule has 1 aliphatic rings. The van der Waals surface area contributed by atoms with Crippen molar-refractivity contribution < 1.29 is 5.11 Å². The number of aliphatic hydroxyl groups excluding tert-OH is 1. The van der Waals surface area contributed by atoms with Crippen LogP contribution in [0.15, 0.2) is 0 Å². The molecule has 15 heavy (non-hydrogen) atoms. The predicted molar refractivity (Wildman–Crippen MR) is 53.5 cm³/mol. The van der Waals surface area contributed by atoms with Gasteiger partial charge in [-0.3, -0.25) is 0 Å². The Morgan fingerprint density at radius 1 is 1.33 bits per heavy atom. The first-order valence-electron chi connectivity index (χ1n) is 5.14. The van der Waals surface area contributed by atoms with Gasteiger partial charge < -0.3 is 5.11 Å². The van der Waals surface area contributed by atoms with Crippen molar-refractivity contribution in [2.45, 2.75) is 32.8 Å². The zero-order valence-electron chi connectivity index (χ0n) is 8.56. The molecule has 2 aromatic heterocycles. The Morgan fingerprint density at radius 3 is 3.00 bits per heavy atom. The molecule has 5 heteroatoms. The molecule has 0 radical (unpaired) electrons. The van der Waals surface area contributed by atoms with E-state index in [-0.39, 0.29) is 6.61 Å². The van der Waals surface area contributed by atoms with Crippen LogP contribution < -0.4 is 0 Å². The lowest BCUT2D eigenvalue weighted by molar-refractivity contribution is 0.271. The van der Waals surface area contributed by atoms with Crippen LogP contribution in [0.3, 0.4) is 0 Å². The molecule has 0 unspecified atom stereocenters. The Balaban J connectivity index is 2.33. The fourth-order valence-corrected chi connectivity index (χ4v) is 2.20. The molecule has 0 saturated carbocycles. The van der Waals surface area contributed by atoms with Gasteiger partial charge in [0.25, 0.3) is 5.78 Å². The second-order valence-electron chi connectivity index (χ2n) is 3.87. The van der Waals surface area contributed by atoms with Crippen molar-refractivity contribution in [1.29, 1.82) is 0 Å². The summed E-state index contributed by atoms with van der Waals surface area (Å²) in [6.45, 7) is 1.90. The summed E-state index contributed by atoms with van der Waals surface area (Å²) in [5.74, 6) is 1.05. The first-order valence-corrected chi connectivity index (χ1v) is 5.14. The highest BCUT2D eigenvalue weighted by molar-refractivity contribution is 5.39. The van der Waals surface area contributed by atoms with E-state index in [9.17, 15) is 0 Å². The number of nitrogens with zero attached hydrogens (tertiary/aromatic N) is 4. The van der Waals surface area contributed by atoms with Crippen molar-refractivity contribution in [3.05, 3.63) is 22.8 Å². The van der Waals surface area contributed by atoms with Crippen LogP contribution >= 0.6 is 0 Å². The number of aromatic nitrogens is 4. The Kier molecular flexibility index (Phi) is 1.76. The van der Waals surface area contributed by atoms with Crippen molar-refractivity contribution in [2.75, 3.05) is 0 Å².